The number of methoxy groups -OCH3 is 1. The second-order valence-corrected chi connectivity index (χ2v) is 8.34. The molecule has 2 aromatic rings. The van der Waals surface area contributed by atoms with E-state index in [4.69, 9.17) is 9.47 Å². The minimum atomic E-state index is -0.823. The number of aliphatic hydroxyl groups excluding tert-OH is 1. The van der Waals surface area contributed by atoms with Gasteiger partial charge in [-0.25, -0.2) is 0 Å². The highest BCUT2D eigenvalue weighted by molar-refractivity contribution is 6.46. The normalized spacial score (nSPS) is 19.6. The highest BCUT2D eigenvalue weighted by Crippen LogP contribution is 2.42. The van der Waals surface area contributed by atoms with Crippen LogP contribution in [0.15, 0.2) is 42.0 Å². The number of phenols is 1. The monoisotopic (exact) mass is 451 g/mol. The first-order valence-electron chi connectivity index (χ1n) is 11.3. The molecule has 0 radical (unpaired) electrons. The van der Waals surface area contributed by atoms with Gasteiger partial charge in [0.05, 0.1) is 24.8 Å². The van der Waals surface area contributed by atoms with Gasteiger partial charge in [0.25, 0.3) is 11.7 Å². The Bertz CT molecular complexity index is 1110. The van der Waals surface area contributed by atoms with Crippen LogP contribution in [-0.2, 0) is 27.2 Å². The zero-order valence-corrected chi connectivity index (χ0v) is 19.0. The quantitative estimate of drug-likeness (QED) is 0.378. The lowest BCUT2D eigenvalue weighted by molar-refractivity contribution is -0.140. The first-order chi connectivity index (χ1) is 16.0. The molecule has 7 nitrogen and oxygen atoms in total. The maximum atomic E-state index is 13.1. The first kappa shape index (κ1) is 22.9. The standard InChI is InChI=1S/C26H29NO6/c1-3-33-21-15-18(10-11-20(21)28)23-22(25(30)26(31)27(23)12-13-32-2)24(29)19-9-8-16-6-4-5-7-17(16)14-19/h8-11,14-15,23,28-29H,3-7,12-13H2,1-2H3/b24-22+. The van der Waals surface area contributed by atoms with Crippen LogP contribution in [0.2, 0.25) is 0 Å². The van der Waals surface area contributed by atoms with Crippen molar-refractivity contribution in [3.8, 4) is 11.5 Å². The van der Waals surface area contributed by atoms with E-state index in [2.05, 4.69) is 0 Å². The summed E-state index contributed by atoms with van der Waals surface area (Å²) < 4.78 is 10.7. The number of ether oxygens (including phenoxy) is 2. The fourth-order valence-corrected chi connectivity index (χ4v) is 4.65. The number of hydrogen-bond donors (Lipinski definition) is 2. The number of aromatic hydroxyl groups is 1. The van der Waals surface area contributed by atoms with Gasteiger partial charge >= 0.3 is 0 Å². The predicted octanol–water partition coefficient (Wildman–Crippen LogP) is 3.74. The van der Waals surface area contributed by atoms with Crippen molar-refractivity contribution in [3.05, 3.63) is 64.2 Å². The molecular formula is C26H29NO6. The smallest absolute Gasteiger partial charge is 0.295 e. The Hall–Kier alpha value is -3.32. The van der Waals surface area contributed by atoms with Gasteiger partial charge in [-0.2, -0.15) is 0 Å². The molecule has 1 aliphatic carbocycles. The van der Waals surface area contributed by atoms with E-state index in [0.29, 0.717) is 17.7 Å². The van der Waals surface area contributed by atoms with Crippen molar-refractivity contribution in [2.24, 2.45) is 0 Å². The number of amides is 1. The Labute approximate surface area is 193 Å². The highest BCUT2D eigenvalue weighted by Gasteiger charge is 2.46. The summed E-state index contributed by atoms with van der Waals surface area (Å²) in [7, 11) is 1.52. The minimum Gasteiger partial charge on any atom is -0.507 e. The van der Waals surface area contributed by atoms with Crippen LogP contribution in [0.5, 0.6) is 11.5 Å². The van der Waals surface area contributed by atoms with Crippen molar-refractivity contribution >= 4 is 17.4 Å². The number of fused-ring (bicyclic) bond motifs is 1. The Morgan fingerprint density at radius 3 is 2.58 bits per heavy atom. The summed E-state index contributed by atoms with van der Waals surface area (Å²) >= 11 is 0. The molecule has 174 valence electrons. The van der Waals surface area contributed by atoms with E-state index >= 15 is 0 Å². The second kappa shape index (κ2) is 9.67. The third kappa shape index (κ3) is 4.33. The average molecular weight is 452 g/mol. The summed E-state index contributed by atoms with van der Waals surface area (Å²) in [6.07, 6.45) is 4.17. The molecule has 2 aromatic carbocycles. The zero-order valence-electron chi connectivity index (χ0n) is 19.0. The van der Waals surface area contributed by atoms with Gasteiger partial charge in [0.1, 0.15) is 5.76 Å². The molecule has 0 spiro atoms. The van der Waals surface area contributed by atoms with Crippen molar-refractivity contribution in [3.63, 3.8) is 0 Å². The second-order valence-electron chi connectivity index (χ2n) is 8.34. The van der Waals surface area contributed by atoms with Gasteiger partial charge in [-0.1, -0.05) is 18.2 Å². The largest absolute Gasteiger partial charge is 0.507 e. The molecular weight excluding hydrogens is 422 g/mol. The van der Waals surface area contributed by atoms with Crippen molar-refractivity contribution in [1.82, 2.24) is 4.90 Å². The van der Waals surface area contributed by atoms with E-state index < -0.39 is 17.7 Å². The Morgan fingerprint density at radius 2 is 1.85 bits per heavy atom. The van der Waals surface area contributed by atoms with Gasteiger partial charge in [0, 0.05) is 19.2 Å². The summed E-state index contributed by atoms with van der Waals surface area (Å²) in [6.45, 7) is 2.55. The first-order valence-corrected chi connectivity index (χ1v) is 11.3. The molecule has 7 heteroatoms. The van der Waals surface area contributed by atoms with Crippen LogP contribution in [-0.4, -0.2) is 53.7 Å². The zero-order chi connectivity index (χ0) is 23.5. The van der Waals surface area contributed by atoms with E-state index in [-0.39, 0.29) is 36.0 Å². The topological polar surface area (TPSA) is 96.3 Å². The number of aliphatic hydroxyl groups is 1. The van der Waals surface area contributed by atoms with E-state index in [1.165, 1.54) is 29.2 Å². The fraction of sp³-hybridized carbons (Fsp3) is 0.385. The third-order valence-corrected chi connectivity index (χ3v) is 6.30. The van der Waals surface area contributed by atoms with Crippen LogP contribution < -0.4 is 4.74 Å². The Morgan fingerprint density at radius 1 is 1.09 bits per heavy atom. The molecule has 1 atom stereocenters. The summed E-state index contributed by atoms with van der Waals surface area (Å²) in [5, 5.41) is 21.4. The number of nitrogens with zero attached hydrogens (tertiary/aromatic N) is 1. The third-order valence-electron chi connectivity index (χ3n) is 6.30. The summed E-state index contributed by atoms with van der Waals surface area (Å²) in [6, 6.07) is 9.61. The number of carbonyl (C=O) groups excluding carboxylic acids is 2. The van der Waals surface area contributed by atoms with E-state index in [1.807, 2.05) is 18.2 Å². The lowest BCUT2D eigenvalue weighted by atomic mass is 9.88. The Balaban J connectivity index is 1.84. The number of aryl methyl sites for hydroxylation is 2. The van der Waals surface area contributed by atoms with Crippen LogP contribution in [0, 0.1) is 0 Å². The van der Waals surface area contributed by atoms with Gasteiger partial charge in [-0.15, -0.1) is 0 Å². The maximum absolute atomic E-state index is 13.1. The molecule has 1 amide bonds. The number of ketones is 1. The summed E-state index contributed by atoms with van der Waals surface area (Å²) in [4.78, 5) is 27.5. The molecule has 2 aliphatic rings. The maximum Gasteiger partial charge on any atom is 0.295 e. The number of Topliss-reactive ketones (excluding diaryl/α,β-unsaturated/α-hetero) is 1. The number of rotatable bonds is 7. The fourth-order valence-electron chi connectivity index (χ4n) is 4.65. The molecule has 1 unspecified atom stereocenters. The van der Waals surface area contributed by atoms with E-state index in [9.17, 15) is 19.8 Å². The SMILES string of the molecule is CCOc1cc(C2/C(=C(\O)c3ccc4c(c3)CCCC4)C(=O)C(=O)N2CCOC)ccc1O. The van der Waals surface area contributed by atoms with Crippen molar-refractivity contribution < 1.29 is 29.3 Å². The van der Waals surface area contributed by atoms with Gasteiger partial charge in [0.2, 0.25) is 0 Å². The van der Waals surface area contributed by atoms with Crippen LogP contribution in [0.4, 0.5) is 0 Å². The molecule has 0 saturated carbocycles. The van der Waals surface area contributed by atoms with E-state index in [0.717, 1.165) is 25.7 Å². The average Bonchev–Trinajstić information content (AvgIpc) is 3.08. The molecule has 2 N–H and O–H groups in total. The molecule has 1 saturated heterocycles. The summed E-state index contributed by atoms with van der Waals surface area (Å²) in [5.41, 5.74) is 3.54. The predicted molar refractivity (Wildman–Crippen MR) is 123 cm³/mol. The van der Waals surface area contributed by atoms with Crippen LogP contribution >= 0.6 is 0 Å². The minimum absolute atomic E-state index is 0.0278. The molecule has 0 bridgehead atoms. The highest BCUT2D eigenvalue weighted by atomic mass is 16.5. The molecule has 0 aromatic heterocycles. The van der Waals surface area contributed by atoms with E-state index in [1.54, 1.807) is 19.1 Å². The van der Waals surface area contributed by atoms with Crippen LogP contribution in [0.1, 0.15) is 48.1 Å². The number of hydrogen-bond acceptors (Lipinski definition) is 6. The van der Waals surface area contributed by atoms with Gasteiger partial charge in [0.15, 0.2) is 11.5 Å². The van der Waals surface area contributed by atoms with Crippen molar-refractivity contribution in [2.45, 2.75) is 38.6 Å². The lowest BCUT2D eigenvalue weighted by Gasteiger charge is -2.25. The lowest BCUT2D eigenvalue weighted by Crippen LogP contribution is -2.32. The number of benzene rings is 2. The molecule has 1 aliphatic heterocycles. The van der Waals surface area contributed by atoms with Crippen molar-refractivity contribution in [2.75, 3.05) is 26.9 Å². The number of phenolic OH excluding ortho intramolecular Hbond substituents is 1. The van der Waals surface area contributed by atoms with Gasteiger partial charge < -0.3 is 24.6 Å². The number of likely N-dealkylation sites (tertiary alicyclic amines) is 1. The van der Waals surface area contributed by atoms with Crippen LogP contribution in [0.3, 0.4) is 0 Å². The summed E-state index contributed by atoms with van der Waals surface area (Å²) in [5.74, 6) is -1.41. The molecule has 33 heavy (non-hydrogen) atoms. The van der Waals surface area contributed by atoms with Crippen LogP contribution in [0.25, 0.3) is 5.76 Å². The molecule has 1 heterocycles. The molecule has 4 rings (SSSR count). The number of carbonyl (C=O) groups is 2. The van der Waals surface area contributed by atoms with Crippen molar-refractivity contribution in [1.29, 1.82) is 0 Å². The molecule has 1 fully saturated rings. The van der Waals surface area contributed by atoms with Gasteiger partial charge in [-0.3, -0.25) is 9.59 Å². The Kier molecular flexibility index (Phi) is 6.70. The van der Waals surface area contributed by atoms with Gasteiger partial charge in [-0.05, 0) is 67.5 Å².